The van der Waals surface area contributed by atoms with Crippen LogP contribution < -0.4 is 19.7 Å². The summed E-state index contributed by atoms with van der Waals surface area (Å²) in [5.74, 6) is -0.525. The summed E-state index contributed by atoms with van der Waals surface area (Å²) in [6.07, 6.45) is 20.8. The van der Waals surface area contributed by atoms with E-state index in [-0.39, 0.29) is 33.6 Å². The average molecular weight is 738 g/mol. The third-order valence-electron chi connectivity index (χ3n) is 9.41. The van der Waals surface area contributed by atoms with Crippen LogP contribution >= 0.6 is 11.6 Å². The molecule has 4 rings (SSSR count). The average Bonchev–Trinajstić information content (AvgIpc) is 3.55. The number of hydrogen-bond acceptors (Lipinski definition) is 5. The molecule has 2 amide bonds. The second kappa shape index (κ2) is 21.7. The monoisotopic (exact) mass is 737 g/mol. The van der Waals surface area contributed by atoms with E-state index in [2.05, 4.69) is 17.0 Å². The number of halogens is 1. The van der Waals surface area contributed by atoms with E-state index in [9.17, 15) is 18.0 Å². The molecule has 1 aliphatic heterocycles. The van der Waals surface area contributed by atoms with Gasteiger partial charge < -0.3 is 15.0 Å². The van der Waals surface area contributed by atoms with Gasteiger partial charge >= 0.3 is 0 Å². The number of nitrogens with zero attached hydrogens (tertiary/aromatic N) is 1. The van der Waals surface area contributed by atoms with Crippen molar-refractivity contribution in [1.82, 2.24) is 0 Å². The van der Waals surface area contributed by atoms with Crippen LogP contribution in [0, 0.1) is 0 Å². The van der Waals surface area contributed by atoms with Crippen molar-refractivity contribution < 1.29 is 22.7 Å². The van der Waals surface area contributed by atoms with E-state index >= 15 is 0 Å². The zero-order valence-electron chi connectivity index (χ0n) is 30.3. The number of fused-ring (bicyclic) bond motifs is 1. The number of ether oxygens (including phenoxy) is 1. The summed E-state index contributed by atoms with van der Waals surface area (Å²) < 4.78 is 35.2. The summed E-state index contributed by atoms with van der Waals surface area (Å²) in [5, 5.41) is 3.01. The Morgan fingerprint density at radius 3 is 1.98 bits per heavy atom. The van der Waals surface area contributed by atoms with Gasteiger partial charge in [-0.3, -0.25) is 14.3 Å². The predicted molar refractivity (Wildman–Crippen MR) is 209 cm³/mol. The molecule has 1 heterocycles. The molecule has 0 unspecified atom stereocenters. The van der Waals surface area contributed by atoms with Crippen molar-refractivity contribution in [2.75, 3.05) is 28.1 Å². The van der Waals surface area contributed by atoms with Gasteiger partial charge in [0.1, 0.15) is 12.2 Å². The molecule has 0 saturated heterocycles. The maximum atomic E-state index is 13.3. The number of hydrogen-bond donors (Lipinski definition) is 2. The Morgan fingerprint density at radius 2 is 1.33 bits per heavy atom. The Morgan fingerprint density at radius 1 is 0.745 bits per heavy atom. The number of para-hydroxylation sites is 2. The third-order valence-corrected chi connectivity index (χ3v) is 11.1. The molecule has 0 fully saturated rings. The molecule has 278 valence electrons. The minimum absolute atomic E-state index is 0.0766. The maximum absolute atomic E-state index is 13.3. The van der Waals surface area contributed by atoms with Crippen LogP contribution in [0.4, 0.5) is 17.1 Å². The van der Waals surface area contributed by atoms with E-state index in [1.54, 1.807) is 35.2 Å². The van der Waals surface area contributed by atoms with Crippen molar-refractivity contribution in [3.05, 3.63) is 77.3 Å². The first-order valence-corrected chi connectivity index (χ1v) is 20.9. The van der Waals surface area contributed by atoms with Gasteiger partial charge in [-0.25, -0.2) is 8.42 Å². The number of anilines is 3. The second-order valence-corrected chi connectivity index (χ2v) is 15.6. The Balaban J connectivity index is 1.25. The summed E-state index contributed by atoms with van der Waals surface area (Å²) in [5.41, 5.74) is 2.31. The quantitative estimate of drug-likeness (QED) is 0.0703. The van der Waals surface area contributed by atoms with Crippen LogP contribution in [-0.2, 0) is 26.0 Å². The molecule has 1 aliphatic rings. The number of rotatable bonds is 24. The first-order chi connectivity index (χ1) is 24.8. The number of sulfonamides is 1. The molecule has 0 spiro atoms. The van der Waals surface area contributed by atoms with E-state index in [4.69, 9.17) is 16.3 Å². The highest BCUT2D eigenvalue weighted by atomic mass is 35.5. The number of nitrogens with one attached hydrogen (secondary N) is 2. The van der Waals surface area contributed by atoms with Gasteiger partial charge in [-0.2, -0.15) is 0 Å². The molecule has 8 nitrogen and oxygen atoms in total. The molecule has 0 bridgehead atoms. The summed E-state index contributed by atoms with van der Waals surface area (Å²) in [7, 11) is -4.05. The van der Waals surface area contributed by atoms with Crippen LogP contribution in [-0.4, -0.2) is 33.4 Å². The largest absolute Gasteiger partial charge is 0.491 e. The minimum atomic E-state index is -4.05. The zero-order valence-corrected chi connectivity index (χ0v) is 31.8. The van der Waals surface area contributed by atoms with Gasteiger partial charge in [0.25, 0.3) is 10.0 Å². The van der Waals surface area contributed by atoms with Gasteiger partial charge in [-0.15, -0.1) is 0 Å². The molecule has 3 aromatic carbocycles. The van der Waals surface area contributed by atoms with Crippen LogP contribution in [0.2, 0.25) is 5.02 Å². The lowest BCUT2D eigenvalue weighted by Gasteiger charge is -2.18. The predicted octanol–water partition coefficient (Wildman–Crippen LogP) is 10.7. The Bertz CT molecular complexity index is 1650. The summed E-state index contributed by atoms with van der Waals surface area (Å²) in [6, 6.07) is 18.6. The summed E-state index contributed by atoms with van der Waals surface area (Å²) in [4.78, 5) is 27.8. The molecule has 0 saturated carbocycles. The molecule has 0 radical (unpaired) electrons. The van der Waals surface area contributed by atoms with E-state index in [0.29, 0.717) is 18.9 Å². The maximum Gasteiger partial charge on any atom is 0.262 e. The zero-order chi connectivity index (χ0) is 36.3. The number of carbonyl (C=O) groups is 2. The van der Waals surface area contributed by atoms with Gasteiger partial charge in [-0.1, -0.05) is 145 Å². The van der Waals surface area contributed by atoms with E-state index in [1.165, 1.54) is 95.6 Å². The smallest absolute Gasteiger partial charge is 0.262 e. The molecule has 0 atom stereocenters. The normalized spacial score (nSPS) is 12.5. The van der Waals surface area contributed by atoms with Crippen molar-refractivity contribution >= 4 is 50.5 Å². The van der Waals surface area contributed by atoms with Crippen molar-refractivity contribution in [2.24, 2.45) is 0 Å². The van der Waals surface area contributed by atoms with Crippen molar-refractivity contribution in [1.29, 1.82) is 0 Å². The summed E-state index contributed by atoms with van der Waals surface area (Å²) in [6.45, 7) is 3.20. The molecule has 51 heavy (non-hydrogen) atoms. The third kappa shape index (κ3) is 13.5. The van der Waals surface area contributed by atoms with E-state index in [0.717, 1.165) is 36.9 Å². The van der Waals surface area contributed by atoms with Gasteiger partial charge in [0.05, 0.1) is 27.9 Å². The molecule has 2 N–H and O–H groups in total. The van der Waals surface area contributed by atoms with Crippen LogP contribution in [0.5, 0.6) is 5.75 Å². The molecule has 0 aliphatic carbocycles. The number of amides is 2. The standard InChI is InChI=1S/C41H56ClN3O5S/c1-2-3-4-5-6-7-8-9-10-11-12-13-14-15-16-21-30-50-39-27-26-34(51(48,49)44-36-24-19-18-23-35(36)42)31-37(39)43-40(46)32-41(47)45-29-28-33-22-17-20-25-38(33)45/h17-20,22-27,31,44H,2-16,21,28-30,32H2,1H3,(H,43,46). The van der Waals surface area contributed by atoms with Crippen LogP contribution in [0.15, 0.2) is 71.6 Å². The van der Waals surface area contributed by atoms with Crippen LogP contribution in [0.1, 0.15) is 122 Å². The molecular weight excluding hydrogens is 682 g/mol. The van der Waals surface area contributed by atoms with Crippen LogP contribution in [0.25, 0.3) is 0 Å². The van der Waals surface area contributed by atoms with Crippen molar-refractivity contribution in [2.45, 2.75) is 127 Å². The highest BCUT2D eigenvalue weighted by molar-refractivity contribution is 7.92. The fourth-order valence-electron chi connectivity index (χ4n) is 6.50. The Hall–Kier alpha value is -3.56. The first-order valence-electron chi connectivity index (χ1n) is 19.0. The van der Waals surface area contributed by atoms with Crippen molar-refractivity contribution in [3.63, 3.8) is 0 Å². The van der Waals surface area contributed by atoms with E-state index < -0.39 is 15.9 Å². The van der Waals surface area contributed by atoms with Gasteiger partial charge in [0.15, 0.2) is 0 Å². The topological polar surface area (TPSA) is 105 Å². The van der Waals surface area contributed by atoms with Crippen LogP contribution in [0.3, 0.4) is 0 Å². The lowest BCUT2D eigenvalue weighted by Crippen LogP contribution is -2.32. The fraction of sp³-hybridized carbons (Fsp3) is 0.512. The molecule has 3 aromatic rings. The molecule has 10 heteroatoms. The summed E-state index contributed by atoms with van der Waals surface area (Å²) >= 11 is 6.20. The number of carbonyl (C=O) groups excluding carboxylic acids is 2. The number of unbranched alkanes of at least 4 members (excludes halogenated alkanes) is 15. The SMILES string of the molecule is CCCCCCCCCCCCCCCCCCOc1ccc(S(=O)(=O)Nc2ccccc2Cl)cc1NC(=O)CC(=O)N1CCc2ccccc21. The second-order valence-electron chi connectivity index (χ2n) is 13.5. The lowest BCUT2D eigenvalue weighted by atomic mass is 10.0. The van der Waals surface area contributed by atoms with E-state index in [1.807, 2.05) is 24.3 Å². The van der Waals surface area contributed by atoms with Gasteiger partial charge in [-0.05, 0) is 54.8 Å². The molecular formula is C41H56ClN3O5S. The molecule has 0 aromatic heterocycles. The lowest BCUT2D eigenvalue weighted by molar-refractivity contribution is -0.125. The van der Waals surface area contributed by atoms with Gasteiger partial charge in [0.2, 0.25) is 11.8 Å². The highest BCUT2D eigenvalue weighted by Crippen LogP contribution is 2.32. The highest BCUT2D eigenvalue weighted by Gasteiger charge is 2.26. The first kappa shape index (κ1) is 40.2. The number of benzene rings is 3. The minimum Gasteiger partial charge on any atom is -0.491 e. The Labute approximate surface area is 310 Å². The Kier molecular flexibility index (Phi) is 17.1. The van der Waals surface area contributed by atoms with Crippen molar-refractivity contribution in [3.8, 4) is 5.75 Å². The van der Waals surface area contributed by atoms with Gasteiger partial charge in [0, 0.05) is 12.2 Å². The fourth-order valence-corrected chi connectivity index (χ4v) is 7.85.